The van der Waals surface area contributed by atoms with Crippen LogP contribution in [-0.2, 0) is 40.4 Å². The zero-order chi connectivity index (χ0) is 29.9. The number of pyridine rings is 2. The molecule has 0 aliphatic carbocycles. The fourth-order valence-electron chi connectivity index (χ4n) is 7.01. The Balaban J connectivity index is 1.34. The fourth-order valence-corrected chi connectivity index (χ4v) is 9.30. The molecule has 0 radical (unpaired) electrons. The van der Waals surface area contributed by atoms with Crippen LogP contribution in [0.2, 0.25) is 25.2 Å². The van der Waals surface area contributed by atoms with E-state index < -0.39 is 25.2 Å². The van der Waals surface area contributed by atoms with Crippen LogP contribution in [0.5, 0.6) is 0 Å². The van der Waals surface area contributed by atoms with Crippen LogP contribution in [0.15, 0.2) is 69.9 Å². The molecule has 2 atom stereocenters. The number of hydrogen-bond donors (Lipinski definition) is 2. The first-order valence-electron chi connectivity index (χ1n) is 14.9. The van der Waals surface area contributed by atoms with Gasteiger partial charge in [0.05, 0.1) is 23.3 Å². The Labute approximate surface area is 246 Å². The quantitative estimate of drug-likeness (QED) is 0.286. The molecule has 0 fully saturated rings. The number of aromatic nitrogens is 2. The Morgan fingerprint density at radius 1 is 1.07 bits per heavy atom. The predicted molar refractivity (Wildman–Crippen MR) is 166 cm³/mol. The van der Waals surface area contributed by atoms with Crippen molar-refractivity contribution < 1.29 is 14.6 Å². The summed E-state index contributed by atoms with van der Waals surface area (Å²) in [6, 6.07) is 17.6. The van der Waals surface area contributed by atoms with Gasteiger partial charge in [-0.15, -0.1) is 0 Å². The van der Waals surface area contributed by atoms with Gasteiger partial charge in [0, 0.05) is 43.7 Å². The van der Waals surface area contributed by atoms with Crippen LogP contribution < -0.4 is 16.4 Å². The molecule has 1 unspecified atom stereocenters. The molecule has 0 saturated heterocycles. The zero-order valence-corrected chi connectivity index (χ0v) is 25.8. The second kappa shape index (κ2) is 10.2. The average Bonchev–Trinajstić information content (AvgIpc) is 3.26. The lowest BCUT2D eigenvalue weighted by molar-refractivity contribution is -0.172. The molecule has 0 amide bonds. The Bertz CT molecular complexity index is 1740. The molecule has 2 N–H and O–H groups in total. The highest BCUT2D eigenvalue weighted by molar-refractivity contribution is 6.77. The second-order valence-corrected chi connectivity index (χ2v) is 18.2. The highest BCUT2D eigenvalue weighted by atomic mass is 28.3. The summed E-state index contributed by atoms with van der Waals surface area (Å²) in [7, 11) is -1.62. The largest absolute Gasteiger partial charge is 0.458 e. The number of fused-ring (bicyclic) bond motifs is 5. The number of carbonyl (C=O) groups is 1. The molecule has 0 bridgehead atoms. The standard InChI is InChI=1S/C33H39N3O5Si/c1-5-33(40)25-19-28-32(2)26(20-36(28)30(38)24(25)21-41-31(33)39)22(23-11-6-7-12-27(23)34-32)14-18-42(3,4)17-10-16-35-15-9-8-13-29(35)37/h6-9,11-13,15,19,34,40H,5,10,14,16-18,20-21H2,1-4H3/t32?,33-/m0/s1. The van der Waals surface area contributed by atoms with Crippen molar-refractivity contribution >= 4 is 25.3 Å². The third-order valence-electron chi connectivity index (χ3n) is 9.68. The van der Waals surface area contributed by atoms with Gasteiger partial charge in [-0.05, 0) is 55.5 Å². The number of nitrogens with one attached hydrogen (secondary N) is 1. The third kappa shape index (κ3) is 4.50. The molecule has 3 aromatic rings. The third-order valence-corrected chi connectivity index (χ3v) is 13.0. The molecular formula is C33H39N3O5Si. The molecule has 2 aromatic heterocycles. The summed E-state index contributed by atoms with van der Waals surface area (Å²) in [5, 5.41) is 15.0. The van der Waals surface area contributed by atoms with Gasteiger partial charge >= 0.3 is 5.97 Å². The van der Waals surface area contributed by atoms with E-state index in [9.17, 15) is 19.5 Å². The normalized spacial score (nSPS) is 22.5. The lowest BCUT2D eigenvalue weighted by Gasteiger charge is -2.38. The summed E-state index contributed by atoms with van der Waals surface area (Å²) in [6.07, 6.45) is 3.86. The highest BCUT2D eigenvalue weighted by Crippen LogP contribution is 2.50. The van der Waals surface area contributed by atoms with Gasteiger partial charge in [0.25, 0.3) is 5.56 Å². The summed E-state index contributed by atoms with van der Waals surface area (Å²) in [4.78, 5) is 38.6. The number of ether oxygens (including phenoxy) is 1. The Morgan fingerprint density at radius 2 is 1.83 bits per heavy atom. The zero-order valence-electron chi connectivity index (χ0n) is 24.8. The number of aliphatic hydroxyl groups is 1. The first kappa shape index (κ1) is 28.4. The molecule has 0 spiro atoms. The number of nitrogens with zero attached hydrogens (tertiary/aromatic N) is 2. The maximum atomic E-state index is 13.9. The molecule has 8 nitrogen and oxygen atoms in total. The Morgan fingerprint density at radius 3 is 2.60 bits per heavy atom. The number of para-hydroxylation sites is 1. The monoisotopic (exact) mass is 585 g/mol. The predicted octanol–water partition coefficient (Wildman–Crippen LogP) is 4.96. The van der Waals surface area contributed by atoms with Crippen molar-refractivity contribution in [3.05, 3.63) is 103 Å². The number of anilines is 1. The minimum absolute atomic E-state index is 0.0422. The van der Waals surface area contributed by atoms with Crippen LogP contribution in [0.4, 0.5) is 5.69 Å². The molecule has 9 heteroatoms. The number of esters is 1. The van der Waals surface area contributed by atoms with E-state index in [4.69, 9.17) is 4.74 Å². The number of cyclic esters (lactones) is 1. The van der Waals surface area contributed by atoms with Crippen LogP contribution in [0.25, 0.3) is 5.57 Å². The lowest BCUT2D eigenvalue weighted by Crippen LogP contribution is -2.45. The Kier molecular flexibility index (Phi) is 6.93. The van der Waals surface area contributed by atoms with Crippen molar-refractivity contribution in [2.24, 2.45) is 0 Å². The summed E-state index contributed by atoms with van der Waals surface area (Å²) >= 11 is 0. The van der Waals surface area contributed by atoms with Gasteiger partial charge in [-0.1, -0.05) is 56.4 Å². The number of hydrogen-bond acceptors (Lipinski definition) is 6. The van der Waals surface area contributed by atoms with Gasteiger partial charge in [-0.3, -0.25) is 9.59 Å². The van der Waals surface area contributed by atoms with Crippen LogP contribution in [0.1, 0.15) is 55.5 Å². The van der Waals surface area contributed by atoms with Gasteiger partial charge < -0.3 is 24.3 Å². The van der Waals surface area contributed by atoms with E-state index in [0.717, 1.165) is 48.4 Å². The van der Waals surface area contributed by atoms with Gasteiger partial charge in [-0.25, -0.2) is 4.79 Å². The molecule has 6 rings (SSSR count). The molecule has 3 aliphatic rings. The van der Waals surface area contributed by atoms with Gasteiger partial charge in [0.15, 0.2) is 5.60 Å². The average molecular weight is 586 g/mol. The number of benzene rings is 1. The topological polar surface area (TPSA) is 103 Å². The van der Waals surface area contributed by atoms with Crippen molar-refractivity contribution in [2.75, 3.05) is 5.32 Å². The maximum absolute atomic E-state index is 13.9. The van der Waals surface area contributed by atoms with Crippen LogP contribution in [0, 0.1) is 0 Å². The van der Waals surface area contributed by atoms with Crippen LogP contribution in [0.3, 0.4) is 0 Å². The molecule has 1 aromatic carbocycles. The summed E-state index contributed by atoms with van der Waals surface area (Å²) < 4.78 is 8.85. The van der Waals surface area contributed by atoms with Gasteiger partial charge in [0.2, 0.25) is 5.56 Å². The molecule has 220 valence electrons. The van der Waals surface area contributed by atoms with Gasteiger partial charge in [0.1, 0.15) is 6.61 Å². The van der Waals surface area contributed by atoms with Crippen molar-refractivity contribution in [1.82, 2.24) is 9.13 Å². The molecule has 3 aliphatic heterocycles. The number of aryl methyl sites for hydroxylation is 1. The van der Waals surface area contributed by atoms with Gasteiger partial charge in [-0.2, -0.15) is 0 Å². The van der Waals surface area contributed by atoms with E-state index in [2.05, 4.69) is 43.5 Å². The summed E-state index contributed by atoms with van der Waals surface area (Å²) in [5.41, 5.74) is 3.45. The molecule has 5 heterocycles. The van der Waals surface area contributed by atoms with E-state index >= 15 is 0 Å². The molecular weight excluding hydrogens is 546 g/mol. The SMILES string of the molecule is CC[C@@]1(O)C(=O)OCc2c1cc1n(c2=O)CC2=C(CC[Si](C)(C)CCCn3ccccc3=O)c3ccccc3NC21C. The summed E-state index contributed by atoms with van der Waals surface area (Å²) in [6.45, 7) is 9.73. The van der Waals surface area contributed by atoms with Crippen molar-refractivity contribution in [3.8, 4) is 0 Å². The summed E-state index contributed by atoms with van der Waals surface area (Å²) in [5.74, 6) is -0.701. The van der Waals surface area contributed by atoms with Crippen molar-refractivity contribution in [2.45, 2.75) is 89.1 Å². The van der Waals surface area contributed by atoms with Crippen molar-refractivity contribution in [3.63, 3.8) is 0 Å². The second-order valence-electron chi connectivity index (χ2n) is 12.9. The first-order valence-corrected chi connectivity index (χ1v) is 18.3. The smallest absolute Gasteiger partial charge is 0.343 e. The van der Waals surface area contributed by atoms with E-state index in [0.29, 0.717) is 17.7 Å². The number of rotatable bonds is 8. The van der Waals surface area contributed by atoms with Crippen LogP contribution >= 0.6 is 0 Å². The number of allylic oxidation sites excluding steroid dienone is 1. The van der Waals surface area contributed by atoms with Crippen molar-refractivity contribution in [1.29, 1.82) is 0 Å². The molecule has 42 heavy (non-hydrogen) atoms. The lowest BCUT2D eigenvalue weighted by atomic mass is 9.78. The van der Waals surface area contributed by atoms with E-state index in [1.165, 1.54) is 11.1 Å². The maximum Gasteiger partial charge on any atom is 0.343 e. The minimum atomic E-state index is -1.83. The van der Waals surface area contributed by atoms with E-state index in [1.807, 2.05) is 24.4 Å². The fraction of sp³-hybridized carbons (Fsp3) is 0.424. The minimum Gasteiger partial charge on any atom is -0.458 e. The number of carbonyl (C=O) groups excluding carboxylic acids is 1. The Hall–Kier alpha value is -3.69. The van der Waals surface area contributed by atoms with E-state index in [-0.39, 0.29) is 24.1 Å². The molecule has 0 saturated carbocycles. The highest BCUT2D eigenvalue weighted by Gasteiger charge is 2.50. The van der Waals surface area contributed by atoms with Crippen LogP contribution in [-0.4, -0.2) is 28.3 Å². The first-order chi connectivity index (χ1) is 20.0. The van der Waals surface area contributed by atoms with E-state index in [1.54, 1.807) is 28.2 Å².